The van der Waals surface area contributed by atoms with Gasteiger partial charge < -0.3 is 15.5 Å². The van der Waals surface area contributed by atoms with Crippen LogP contribution in [0.25, 0.3) is 0 Å². The van der Waals surface area contributed by atoms with E-state index in [9.17, 15) is 18.4 Å². The lowest BCUT2D eigenvalue weighted by atomic mass is 10.1. The Morgan fingerprint density at radius 2 is 1.86 bits per heavy atom. The number of rotatable bonds is 5. The summed E-state index contributed by atoms with van der Waals surface area (Å²) in [6.07, 6.45) is 0.626. The lowest BCUT2D eigenvalue weighted by Gasteiger charge is -2.12. The van der Waals surface area contributed by atoms with Gasteiger partial charge in [-0.05, 0) is 30.0 Å². The van der Waals surface area contributed by atoms with Gasteiger partial charge in [0.1, 0.15) is 0 Å². The highest BCUT2D eigenvalue weighted by atomic mass is 19.2. The van der Waals surface area contributed by atoms with E-state index in [0.717, 1.165) is 12.1 Å². The van der Waals surface area contributed by atoms with E-state index < -0.39 is 11.6 Å². The zero-order chi connectivity index (χ0) is 16.3. The Morgan fingerprint density at radius 1 is 1.18 bits per heavy atom. The van der Waals surface area contributed by atoms with Crippen LogP contribution >= 0.6 is 0 Å². The van der Waals surface area contributed by atoms with Gasteiger partial charge in [-0.3, -0.25) is 4.79 Å². The summed E-state index contributed by atoms with van der Waals surface area (Å²) in [5, 5.41) is 5.36. The number of urea groups is 1. The van der Waals surface area contributed by atoms with E-state index in [1.54, 1.807) is 14.1 Å². The molecule has 1 aromatic carbocycles. The minimum Gasteiger partial charge on any atom is -0.354 e. The first-order valence-corrected chi connectivity index (χ1v) is 7.08. The molecule has 0 bridgehead atoms. The number of hydrogen-bond acceptors (Lipinski definition) is 2. The molecule has 1 aromatic rings. The number of nitrogens with one attached hydrogen (secondary N) is 2. The zero-order valence-corrected chi connectivity index (χ0v) is 12.5. The maximum atomic E-state index is 13.2. The van der Waals surface area contributed by atoms with Crippen LogP contribution in [0.5, 0.6) is 0 Å². The summed E-state index contributed by atoms with van der Waals surface area (Å²) in [5.74, 6) is -2.19. The molecule has 22 heavy (non-hydrogen) atoms. The lowest BCUT2D eigenvalue weighted by molar-refractivity contribution is -0.122. The molecule has 3 amide bonds. The van der Waals surface area contributed by atoms with Crippen molar-refractivity contribution in [2.75, 3.05) is 27.2 Å². The molecule has 1 aliphatic rings. The monoisotopic (exact) mass is 311 g/mol. The Balaban J connectivity index is 1.74. The molecule has 1 saturated carbocycles. The van der Waals surface area contributed by atoms with E-state index >= 15 is 0 Å². The summed E-state index contributed by atoms with van der Waals surface area (Å²) in [4.78, 5) is 24.6. The number of carbonyl (C=O) groups is 2. The Labute approximate surface area is 127 Å². The minimum atomic E-state index is -0.894. The lowest BCUT2D eigenvalue weighted by Crippen LogP contribution is -2.40. The highest BCUT2D eigenvalue weighted by molar-refractivity contribution is 5.83. The van der Waals surface area contributed by atoms with E-state index in [2.05, 4.69) is 10.6 Å². The molecule has 0 saturated heterocycles. The topological polar surface area (TPSA) is 61.4 Å². The standard InChI is InChI=1S/C15H19F2N3O2/c1-20(2)15(22)19-6-5-18-14(21)11-8-10(11)9-3-4-12(16)13(17)7-9/h3-4,7,10-11H,5-6,8H2,1-2H3,(H,18,21)(H,19,22)/t10-,11-/m1/s1. The fourth-order valence-electron chi connectivity index (χ4n) is 2.24. The van der Waals surface area contributed by atoms with Crippen molar-refractivity contribution in [3.05, 3.63) is 35.4 Å². The molecule has 0 aliphatic heterocycles. The van der Waals surface area contributed by atoms with Gasteiger partial charge in [0.05, 0.1) is 0 Å². The highest BCUT2D eigenvalue weighted by Gasteiger charge is 2.43. The molecule has 120 valence electrons. The van der Waals surface area contributed by atoms with Crippen molar-refractivity contribution in [1.29, 1.82) is 0 Å². The first-order valence-electron chi connectivity index (χ1n) is 7.08. The summed E-state index contributed by atoms with van der Waals surface area (Å²) in [6.45, 7) is 0.671. The van der Waals surface area contributed by atoms with Crippen LogP contribution in [0.2, 0.25) is 0 Å². The number of nitrogens with zero attached hydrogens (tertiary/aromatic N) is 1. The predicted octanol–water partition coefficient (Wildman–Crippen LogP) is 1.46. The fraction of sp³-hybridized carbons (Fsp3) is 0.467. The van der Waals surface area contributed by atoms with E-state index in [-0.39, 0.29) is 23.8 Å². The molecule has 0 aromatic heterocycles. The average Bonchev–Trinajstić information content (AvgIpc) is 3.26. The van der Waals surface area contributed by atoms with E-state index in [0.29, 0.717) is 25.1 Å². The van der Waals surface area contributed by atoms with Gasteiger partial charge in [0.2, 0.25) is 5.91 Å². The van der Waals surface area contributed by atoms with Gasteiger partial charge >= 0.3 is 6.03 Å². The Bertz CT molecular complexity index is 578. The van der Waals surface area contributed by atoms with Crippen LogP contribution in [0.3, 0.4) is 0 Å². The molecule has 2 N–H and O–H groups in total. The van der Waals surface area contributed by atoms with Gasteiger partial charge in [0, 0.05) is 33.1 Å². The Kier molecular flexibility index (Phi) is 4.95. The maximum Gasteiger partial charge on any atom is 0.316 e. The molecule has 2 rings (SSSR count). The molecular weight excluding hydrogens is 292 g/mol. The molecule has 7 heteroatoms. The van der Waals surface area contributed by atoms with E-state index in [1.807, 2.05) is 0 Å². The van der Waals surface area contributed by atoms with Gasteiger partial charge in [-0.25, -0.2) is 13.6 Å². The largest absolute Gasteiger partial charge is 0.354 e. The predicted molar refractivity (Wildman–Crippen MR) is 77.3 cm³/mol. The third-order valence-corrected chi connectivity index (χ3v) is 3.61. The highest BCUT2D eigenvalue weighted by Crippen LogP contribution is 2.47. The van der Waals surface area contributed by atoms with Crippen molar-refractivity contribution >= 4 is 11.9 Å². The zero-order valence-electron chi connectivity index (χ0n) is 12.5. The van der Waals surface area contributed by atoms with Gasteiger partial charge in [-0.1, -0.05) is 6.07 Å². The molecule has 1 aliphatic carbocycles. The molecule has 2 atom stereocenters. The Morgan fingerprint density at radius 3 is 2.50 bits per heavy atom. The van der Waals surface area contributed by atoms with Gasteiger partial charge in [-0.15, -0.1) is 0 Å². The summed E-state index contributed by atoms with van der Waals surface area (Å²) < 4.78 is 26.0. The molecule has 5 nitrogen and oxygen atoms in total. The number of hydrogen-bond donors (Lipinski definition) is 2. The first kappa shape index (κ1) is 16.2. The van der Waals surface area contributed by atoms with Crippen LogP contribution in [0.15, 0.2) is 18.2 Å². The van der Waals surface area contributed by atoms with Crippen LogP contribution < -0.4 is 10.6 Å². The second kappa shape index (κ2) is 6.72. The maximum absolute atomic E-state index is 13.2. The quantitative estimate of drug-likeness (QED) is 0.809. The average molecular weight is 311 g/mol. The van der Waals surface area contributed by atoms with E-state index in [4.69, 9.17) is 0 Å². The fourth-order valence-corrected chi connectivity index (χ4v) is 2.24. The van der Waals surface area contributed by atoms with Crippen LogP contribution in [0, 0.1) is 17.6 Å². The number of halogens is 2. The Hall–Kier alpha value is -2.18. The summed E-state index contributed by atoms with van der Waals surface area (Å²) in [6, 6.07) is 3.51. The second-order valence-electron chi connectivity index (χ2n) is 5.54. The van der Waals surface area contributed by atoms with Crippen molar-refractivity contribution in [3.63, 3.8) is 0 Å². The van der Waals surface area contributed by atoms with Gasteiger partial charge in [-0.2, -0.15) is 0 Å². The SMILES string of the molecule is CN(C)C(=O)NCCNC(=O)[C@@H]1C[C@@H]1c1ccc(F)c(F)c1. The summed E-state index contributed by atoms with van der Waals surface area (Å²) in [5.41, 5.74) is 0.639. The molecule has 0 unspecified atom stereocenters. The second-order valence-corrected chi connectivity index (χ2v) is 5.54. The first-order chi connectivity index (χ1) is 10.4. The molecule has 0 spiro atoms. The normalized spacial score (nSPS) is 19.5. The number of benzene rings is 1. The van der Waals surface area contributed by atoms with Crippen molar-refractivity contribution in [2.45, 2.75) is 12.3 Å². The number of amides is 3. The third kappa shape index (κ3) is 3.93. The third-order valence-electron chi connectivity index (χ3n) is 3.61. The van der Waals surface area contributed by atoms with Crippen LogP contribution in [0.4, 0.5) is 13.6 Å². The van der Waals surface area contributed by atoms with Crippen LogP contribution in [-0.2, 0) is 4.79 Å². The van der Waals surface area contributed by atoms with Crippen molar-refractivity contribution in [3.8, 4) is 0 Å². The van der Waals surface area contributed by atoms with E-state index in [1.165, 1.54) is 11.0 Å². The summed E-state index contributed by atoms with van der Waals surface area (Å²) in [7, 11) is 3.26. The minimum absolute atomic E-state index is 0.0635. The van der Waals surface area contributed by atoms with Crippen molar-refractivity contribution < 1.29 is 18.4 Å². The molecular formula is C15H19F2N3O2. The summed E-state index contributed by atoms with van der Waals surface area (Å²) >= 11 is 0. The van der Waals surface area contributed by atoms with Gasteiger partial charge in [0.15, 0.2) is 11.6 Å². The van der Waals surface area contributed by atoms with Crippen molar-refractivity contribution in [2.24, 2.45) is 5.92 Å². The van der Waals surface area contributed by atoms with Crippen LogP contribution in [0.1, 0.15) is 17.9 Å². The molecule has 0 radical (unpaired) electrons. The molecule has 0 heterocycles. The number of carbonyl (C=O) groups excluding carboxylic acids is 2. The van der Waals surface area contributed by atoms with Crippen molar-refractivity contribution in [1.82, 2.24) is 15.5 Å². The van der Waals surface area contributed by atoms with Crippen LogP contribution in [-0.4, -0.2) is 44.0 Å². The smallest absolute Gasteiger partial charge is 0.316 e. The molecule has 1 fully saturated rings. The van der Waals surface area contributed by atoms with Gasteiger partial charge in [0.25, 0.3) is 0 Å².